The third kappa shape index (κ3) is 3.70. The van der Waals surface area contributed by atoms with Crippen molar-refractivity contribution in [1.29, 1.82) is 0 Å². The summed E-state index contributed by atoms with van der Waals surface area (Å²) in [7, 11) is 0. The van der Waals surface area contributed by atoms with Crippen LogP contribution in [0.1, 0.15) is 26.2 Å². The summed E-state index contributed by atoms with van der Waals surface area (Å²) in [5.41, 5.74) is 5.60. The highest BCUT2D eigenvalue weighted by Crippen LogP contribution is 2.11. The number of rotatable bonds is 4. The van der Waals surface area contributed by atoms with Crippen LogP contribution in [0.2, 0.25) is 0 Å². The highest BCUT2D eigenvalue weighted by molar-refractivity contribution is 4.57. The normalized spacial score (nSPS) is 22.4. The molecule has 1 saturated heterocycles. The van der Waals surface area contributed by atoms with Gasteiger partial charge in [0, 0.05) is 6.04 Å². The van der Waals surface area contributed by atoms with E-state index >= 15 is 0 Å². The van der Waals surface area contributed by atoms with Crippen LogP contribution >= 0.6 is 0 Å². The first kappa shape index (κ1) is 8.97. The summed E-state index contributed by atoms with van der Waals surface area (Å²) < 4.78 is 10.5. The van der Waals surface area contributed by atoms with E-state index < -0.39 is 0 Å². The molecule has 11 heavy (non-hydrogen) atoms. The molecule has 3 heteroatoms. The van der Waals surface area contributed by atoms with Crippen molar-refractivity contribution in [2.75, 3.05) is 13.2 Å². The minimum atomic E-state index is 0.0498. The molecular formula is C8H17NO2. The summed E-state index contributed by atoms with van der Waals surface area (Å²) in [5.74, 6) is 0. The Morgan fingerprint density at radius 2 is 2.09 bits per heavy atom. The van der Waals surface area contributed by atoms with Crippen LogP contribution in [0.15, 0.2) is 0 Å². The van der Waals surface area contributed by atoms with Crippen LogP contribution in [0, 0.1) is 0 Å². The molecule has 0 aromatic carbocycles. The van der Waals surface area contributed by atoms with Crippen LogP contribution in [0.25, 0.3) is 0 Å². The molecule has 1 atom stereocenters. The predicted molar refractivity (Wildman–Crippen MR) is 43.2 cm³/mol. The molecule has 0 spiro atoms. The number of hydrogen-bond acceptors (Lipinski definition) is 3. The van der Waals surface area contributed by atoms with Crippen molar-refractivity contribution in [3.05, 3.63) is 0 Å². The first-order valence-electron chi connectivity index (χ1n) is 4.28. The van der Waals surface area contributed by atoms with E-state index in [9.17, 15) is 0 Å². The maximum atomic E-state index is 5.60. The van der Waals surface area contributed by atoms with Gasteiger partial charge in [0.25, 0.3) is 0 Å². The maximum absolute atomic E-state index is 5.60. The fourth-order valence-corrected chi connectivity index (χ4v) is 1.18. The predicted octanol–water partition coefficient (Wildman–Crippen LogP) is 0.877. The van der Waals surface area contributed by atoms with Gasteiger partial charge >= 0.3 is 0 Å². The minimum absolute atomic E-state index is 0.0498. The van der Waals surface area contributed by atoms with Crippen molar-refractivity contribution >= 4 is 0 Å². The average Bonchev–Trinajstić information content (AvgIpc) is 2.39. The number of nitrogens with two attached hydrogens (primary N) is 1. The Bertz CT molecular complexity index is 100. The van der Waals surface area contributed by atoms with Crippen molar-refractivity contribution < 1.29 is 9.47 Å². The molecule has 3 nitrogen and oxygen atoms in total. The van der Waals surface area contributed by atoms with Crippen molar-refractivity contribution in [2.24, 2.45) is 5.73 Å². The molecule has 1 rings (SSSR count). The van der Waals surface area contributed by atoms with E-state index in [-0.39, 0.29) is 6.29 Å². The average molecular weight is 159 g/mol. The van der Waals surface area contributed by atoms with Gasteiger partial charge < -0.3 is 15.2 Å². The van der Waals surface area contributed by atoms with E-state index in [1.807, 2.05) is 6.92 Å². The van der Waals surface area contributed by atoms with Crippen LogP contribution in [0.3, 0.4) is 0 Å². The fraction of sp³-hybridized carbons (Fsp3) is 1.00. The van der Waals surface area contributed by atoms with E-state index in [0.717, 1.165) is 32.5 Å². The monoisotopic (exact) mass is 159 g/mol. The van der Waals surface area contributed by atoms with Gasteiger partial charge in [-0.1, -0.05) is 0 Å². The Labute approximate surface area is 67.9 Å². The second kappa shape index (κ2) is 4.70. The zero-order valence-electron chi connectivity index (χ0n) is 7.08. The first-order valence-corrected chi connectivity index (χ1v) is 4.28. The molecule has 1 heterocycles. The van der Waals surface area contributed by atoms with E-state index in [2.05, 4.69) is 0 Å². The molecule has 0 unspecified atom stereocenters. The molecule has 1 aliphatic rings. The molecule has 1 aliphatic heterocycles. The van der Waals surface area contributed by atoms with E-state index in [1.165, 1.54) is 0 Å². The third-order valence-corrected chi connectivity index (χ3v) is 1.79. The van der Waals surface area contributed by atoms with E-state index in [4.69, 9.17) is 15.2 Å². The fourth-order valence-electron chi connectivity index (χ4n) is 1.18. The van der Waals surface area contributed by atoms with Gasteiger partial charge in [-0.15, -0.1) is 0 Å². The minimum Gasteiger partial charge on any atom is -0.350 e. The standard InChI is InChI=1S/C8H17NO2/c1-7(9)3-2-4-8-10-5-6-11-8/h7-8H,2-6,9H2,1H3/t7-/m0/s1. The number of ether oxygens (including phenoxy) is 2. The molecule has 0 aromatic rings. The largest absolute Gasteiger partial charge is 0.350 e. The number of hydrogen-bond donors (Lipinski definition) is 1. The van der Waals surface area contributed by atoms with Gasteiger partial charge in [0.2, 0.25) is 0 Å². The highest BCUT2D eigenvalue weighted by Gasteiger charge is 2.14. The van der Waals surface area contributed by atoms with Crippen molar-refractivity contribution in [2.45, 2.75) is 38.5 Å². The summed E-state index contributed by atoms with van der Waals surface area (Å²) in [6.07, 6.45) is 3.20. The molecule has 0 amide bonds. The smallest absolute Gasteiger partial charge is 0.157 e. The first-order chi connectivity index (χ1) is 5.29. The van der Waals surface area contributed by atoms with E-state index in [1.54, 1.807) is 0 Å². The second-order valence-electron chi connectivity index (χ2n) is 3.08. The van der Waals surface area contributed by atoms with Crippen LogP contribution in [0.5, 0.6) is 0 Å². The third-order valence-electron chi connectivity index (χ3n) is 1.79. The lowest BCUT2D eigenvalue weighted by Crippen LogP contribution is -2.16. The molecule has 0 bridgehead atoms. The molecule has 66 valence electrons. The lowest BCUT2D eigenvalue weighted by Gasteiger charge is -2.09. The summed E-state index contributed by atoms with van der Waals surface area (Å²) in [6.45, 7) is 3.53. The molecule has 0 radical (unpaired) electrons. The van der Waals surface area contributed by atoms with Crippen molar-refractivity contribution in [3.63, 3.8) is 0 Å². The van der Waals surface area contributed by atoms with Crippen LogP contribution in [0.4, 0.5) is 0 Å². The van der Waals surface area contributed by atoms with Gasteiger partial charge in [0.15, 0.2) is 6.29 Å². The topological polar surface area (TPSA) is 44.5 Å². The molecule has 0 aliphatic carbocycles. The highest BCUT2D eigenvalue weighted by atomic mass is 16.7. The quantitative estimate of drug-likeness (QED) is 0.662. The Morgan fingerprint density at radius 3 is 2.64 bits per heavy atom. The van der Waals surface area contributed by atoms with Crippen LogP contribution in [-0.2, 0) is 9.47 Å². The van der Waals surface area contributed by atoms with Crippen LogP contribution in [-0.4, -0.2) is 25.5 Å². The Hall–Kier alpha value is -0.120. The van der Waals surface area contributed by atoms with Crippen molar-refractivity contribution in [3.8, 4) is 0 Å². The summed E-state index contributed by atoms with van der Waals surface area (Å²) in [6, 6.07) is 0.302. The van der Waals surface area contributed by atoms with Gasteiger partial charge in [0.05, 0.1) is 13.2 Å². The molecule has 1 fully saturated rings. The molecule has 2 N–H and O–H groups in total. The lowest BCUT2D eigenvalue weighted by atomic mass is 10.1. The second-order valence-corrected chi connectivity index (χ2v) is 3.08. The SMILES string of the molecule is C[C@H](N)CCCC1OCCO1. The summed E-state index contributed by atoms with van der Waals surface area (Å²) in [5, 5.41) is 0. The van der Waals surface area contributed by atoms with Gasteiger partial charge in [-0.25, -0.2) is 0 Å². The van der Waals surface area contributed by atoms with E-state index in [0.29, 0.717) is 6.04 Å². The van der Waals surface area contributed by atoms with Gasteiger partial charge in [-0.05, 0) is 26.2 Å². The molecule has 0 saturated carbocycles. The Balaban J connectivity index is 1.94. The van der Waals surface area contributed by atoms with Crippen LogP contribution < -0.4 is 5.73 Å². The van der Waals surface area contributed by atoms with Gasteiger partial charge in [-0.2, -0.15) is 0 Å². The van der Waals surface area contributed by atoms with Gasteiger partial charge in [0.1, 0.15) is 0 Å². The zero-order chi connectivity index (χ0) is 8.10. The summed E-state index contributed by atoms with van der Waals surface area (Å²) in [4.78, 5) is 0. The Morgan fingerprint density at radius 1 is 1.45 bits per heavy atom. The maximum Gasteiger partial charge on any atom is 0.157 e. The molecule has 0 aromatic heterocycles. The van der Waals surface area contributed by atoms with Crippen molar-refractivity contribution in [1.82, 2.24) is 0 Å². The summed E-state index contributed by atoms with van der Waals surface area (Å²) >= 11 is 0. The lowest BCUT2D eigenvalue weighted by molar-refractivity contribution is -0.0480. The Kier molecular flexibility index (Phi) is 3.83. The molecular weight excluding hydrogens is 142 g/mol. The van der Waals surface area contributed by atoms with Gasteiger partial charge in [-0.3, -0.25) is 0 Å². The zero-order valence-corrected chi connectivity index (χ0v) is 7.08.